The second kappa shape index (κ2) is 12.7. The van der Waals surface area contributed by atoms with E-state index >= 15 is 0 Å². The van der Waals surface area contributed by atoms with Gasteiger partial charge in [-0.3, -0.25) is 0 Å². The SMILES string of the molecule is Cc1cc(C)cc(CNCCCCN(C)C)c1.c1ccc2cc(C3CCOO3)ccc2c1. The fourth-order valence-electron chi connectivity index (χ4n) is 4.05. The largest absolute Gasteiger partial charge is 0.313 e. The third-order valence-corrected chi connectivity index (χ3v) is 5.61. The van der Waals surface area contributed by atoms with E-state index in [-0.39, 0.29) is 6.10 Å². The summed E-state index contributed by atoms with van der Waals surface area (Å²) < 4.78 is 0. The van der Waals surface area contributed by atoms with Crippen LogP contribution in [0.1, 0.15) is 47.6 Å². The Morgan fingerprint density at radius 3 is 2.34 bits per heavy atom. The molecular formula is C28H38N2O2. The van der Waals surface area contributed by atoms with Crippen molar-refractivity contribution in [1.82, 2.24) is 10.2 Å². The van der Waals surface area contributed by atoms with Crippen LogP contribution in [0.3, 0.4) is 0 Å². The van der Waals surface area contributed by atoms with Gasteiger partial charge in [-0.1, -0.05) is 65.7 Å². The predicted molar refractivity (Wildman–Crippen MR) is 134 cm³/mol. The van der Waals surface area contributed by atoms with Crippen molar-refractivity contribution in [2.45, 2.75) is 45.8 Å². The monoisotopic (exact) mass is 434 g/mol. The summed E-state index contributed by atoms with van der Waals surface area (Å²) in [5, 5.41) is 6.03. The summed E-state index contributed by atoms with van der Waals surface area (Å²) in [5.41, 5.74) is 5.31. The fraction of sp³-hybridized carbons (Fsp3) is 0.429. The minimum atomic E-state index is 0.106. The van der Waals surface area contributed by atoms with Crippen LogP contribution < -0.4 is 5.32 Å². The average molecular weight is 435 g/mol. The molecule has 0 bridgehead atoms. The molecule has 1 heterocycles. The van der Waals surface area contributed by atoms with Crippen LogP contribution in [0.2, 0.25) is 0 Å². The maximum atomic E-state index is 5.19. The molecule has 1 unspecified atom stereocenters. The zero-order valence-corrected chi connectivity index (χ0v) is 20.1. The van der Waals surface area contributed by atoms with Gasteiger partial charge in [0.1, 0.15) is 6.10 Å². The number of nitrogens with zero attached hydrogens (tertiary/aromatic N) is 1. The second-order valence-electron chi connectivity index (χ2n) is 8.99. The van der Waals surface area contributed by atoms with Gasteiger partial charge in [-0.2, -0.15) is 0 Å². The number of fused-ring (bicyclic) bond motifs is 1. The van der Waals surface area contributed by atoms with E-state index in [9.17, 15) is 0 Å². The van der Waals surface area contributed by atoms with Crippen molar-refractivity contribution in [1.29, 1.82) is 0 Å². The van der Waals surface area contributed by atoms with E-state index in [0.717, 1.165) is 19.5 Å². The van der Waals surface area contributed by atoms with Gasteiger partial charge in [0.05, 0.1) is 6.61 Å². The van der Waals surface area contributed by atoms with Crippen molar-refractivity contribution in [3.8, 4) is 0 Å². The molecule has 1 aliphatic rings. The van der Waals surface area contributed by atoms with Crippen molar-refractivity contribution < 1.29 is 9.78 Å². The summed E-state index contributed by atoms with van der Waals surface area (Å²) in [6.45, 7) is 8.30. The van der Waals surface area contributed by atoms with Gasteiger partial charge < -0.3 is 10.2 Å². The van der Waals surface area contributed by atoms with E-state index in [2.05, 4.69) is 98.8 Å². The Morgan fingerprint density at radius 1 is 0.906 bits per heavy atom. The first kappa shape index (κ1) is 24.4. The quantitative estimate of drug-likeness (QED) is 0.350. The molecule has 4 rings (SSSR count). The number of nitrogens with one attached hydrogen (secondary N) is 1. The van der Waals surface area contributed by atoms with Gasteiger partial charge in [-0.25, -0.2) is 9.78 Å². The number of rotatable bonds is 8. The highest BCUT2D eigenvalue weighted by atomic mass is 17.2. The molecule has 0 aromatic heterocycles. The van der Waals surface area contributed by atoms with Crippen molar-refractivity contribution in [3.63, 3.8) is 0 Å². The first-order chi connectivity index (χ1) is 15.5. The molecular weight excluding hydrogens is 396 g/mol. The summed E-state index contributed by atoms with van der Waals surface area (Å²) >= 11 is 0. The highest BCUT2D eigenvalue weighted by molar-refractivity contribution is 5.83. The molecule has 0 saturated carbocycles. The molecule has 0 radical (unpaired) electrons. The summed E-state index contributed by atoms with van der Waals surface area (Å²) in [7, 11) is 4.26. The maximum Gasteiger partial charge on any atom is 0.120 e. The van der Waals surface area contributed by atoms with Crippen LogP contribution in [0.5, 0.6) is 0 Å². The summed E-state index contributed by atoms with van der Waals surface area (Å²) in [6.07, 6.45) is 3.57. The maximum absolute atomic E-state index is 5.19. The van der Waals surface area contributed by atoms with Crippen LogP contribution in [-0.2, 0) is 16.3 Å². The van der Waals surface area contributed by atoms with Crippen LogP contribution in [0.4, 0.5) is 0 Å². The Morgan fingerprint density at radius 2 is 1.66 bits per heavy atom. The second-order valence-corrected chi connectivity index (χ2v) is 8.99. The zero-order valence-electron chi connectivity index (χ0n) is 20.1. The van der Waals surface area contributed by atoms with E-state index in [1.54, 1.807) is 0 Å². The molecule has 0 spiro atoms. The predicted octanol–water partition coefficient (Wildman–Crippen LogP) is 5.97. The molecule has 4 nitrogen and oxygen atoms in total. The van der Waals surface area contributed by atoms with Crippen molar-refractivity contribution >= 4 is 10.8 Å². The van der Waals surface area contributed by atoms with Gasteiger partial charge in [0.2, 0.25) is 0 Å². The van der Waals surface area contributed by atoms with Gasteiger partial charge in [-0.05, 0) is 81.8 Å². The lowest BCUT2D eigenvalue weighted by atomic mass is 10.0. The molecule has 3 aromatic carbocycles. The highest BCUT2D eigenvalue weighted by Crippen LogP contribution is 2.28. The lowest BCUT2D eigenvalue weighted by molar-refractivity contribution is -0.276. The highest BCUT2D eigenvalue weighted by Gasteiger charge is 2.19. The standard InChI is InChI=1S/C15H26N2.C13H12O2/c1-13-9-14(2)11-15(10-13)12-16-7-5-6-8-17(3)4;1-2-4-11-9-12(6-5-10(11)3-1)13-7-8-14-15-13/h9-11,16H,5-8,12H2,1-4H3;1-6,9,13H,7-8H2. The summed E-state index contributed by atoms with van der Waals surface area (Å²) in [4.78, 5) is 12.4. The van der Waals surface area contributed by atoms with E-state index < -0.39 is 0 Å². The van der Waals surface area contributed by atoms with Crippen LogP contribution in [0.25, 0.3) is 10.8 Å². The third-order valence-electron chi connectivity index (χ3n) is 5.61. The lowest BCUT2D eigenvalue weighted by Gasteiger charge is -2.10. The van der Waals surface area contributed by atoms with E-state index in [1.165, 1.54) is 52.4 Å². The fourth-order valence-corrected chi connectivity index (χ4v) is 4.05. The Balaban J connectivity index is 0.000000181. The molecule has 1 atom stereocenters. The smallest absolute Gasteiger partial charge is 0.120 e. The molecule has 3 aromatic rings. The van der Waals surface area contributed by atoms with E-state index in [4.69, 9.17) is 9.78 Å². The third kappa shape index (κ3) is 8.03. The van der Waals surface area contributed by atoms with Gasteiger partial charge in [0, 0.05) is 13.0 Å². The van der Waals surface area contributed by atoms with E-state index in [1.807, 2.05) is 0 Å². The zero-order chi connectivity index (χ0) is 22.8. The Bertz CT molecular complexity index is 944. The molecule has 0 aliphatic carbocycles. The van der Waals surface area contributed by atoms with Crippen LogP contribution in [0, 0.1) is 13.8 Å². The van der Waals surface area contributed by atoms with Gasteiger partial charge in [0.25, 0.3) is 0 Å². The van der Waals surface area contributed by atoms with Gasteiger partial charge in [0.15, 0.2) is 0 Å². The van der Waals surface area contributed by atoms with Gasteiger partial charge >= 0.3 is 0 Å². The van der Waals surface area contributed by atoms with Gasteiger partial charge in [-0.15, -0.1) is 0 Å². The normalized spacial score (nSPS) is 15.7. The number of unbranched alkanes of at least 4 members (excludes halogenated alkanes) is 1. The molecule has 32 heavy (non-hydrogen) atoms. The minimum Gasteiger partial charge on any atom is -0.313 e. The summed E-state index contributed by atoms with van der Waals surface area (Å²) in [6, 6.07) is 21.5. The first-order valence-electron chi connectivity index (χ1n) is 11.7. The lowest BCUT2D eigenvalue weighted by Crippen LogP contribution is -2.18. The Kier molecular flexibility index (Phi) is 9.69. The molecule has 1 aliphatic heterocycles. The average Bonchev–Trinajstić information content (AvgIpc) is 3.30. The number of hydrogen-bond acceptors (Lipinski definition) is 4. The topological polar surface area (TPSA) is 33.7 Å². The molecule has 172 valence electrons. The Labute approximate surface area is 193 Å². The molecule has 0 amide bonds. The van der Waals surface area contributed by atoms with Crippen molar-refractivity contribution in [3.05, 3.63) is 82.9 Å². The number of aryl methyl sites for hydroxylation is 2. The van der Waals surface area contributed by atoms with Crippen LogP contribution >= 0.6 is 0 Å². The van der Waals surface area contributed by atoms with Crippen molar-refractivity contribution in [2.24, 2.45) is 0 Å². The molecule has 4 heteroatoms. The minimum absolute atomic E-state index is 0.106. The first-order valence-corrected chi connectivity index (χ1v) is 11.7. The van der Waals surface area contributed by atoms with Crippen molar-refractivity contribution in [2.75, 3.05) is 33.8 Å². The van der Waals surface area contributed by atoms with Crippen LogP contribution in [-0.4, -0.2) is 38.7 Å². The van der Waals surface area contributed by atoms with E-state index in [0.29, 0.717) is 6.61 Å². The Hall–Kier alpha value is -2.24. The van der Waals surface area contributed by atoms with Crippen LogP contribution in [0.15, 0.2) is 60.7 Å². The molecule has 1 fully saturated rings. The summed E-state index contributed by atoms with van der Waals surface area (Å²) in [5.74, 6) is 0. The number of benzene rings is 3. The molecule has 1 N–H and O–H groups in total. The number of hydrogen-bond donors (Lipinski definition) is 1. The molecule has 1 saturated heterocycles.